The third kappa shape index (κ3) is 5.64. The van der Waals surface area contributed by atoms with Gasteiger partial charge >= 0.3 is 0 Å². The van der Waals surface area contributed by atoms with Gasteiger partial charge in [0.1, 0.15) is 0 Å². The van der Waals surface area contributed by atoms with Gasteiger partial charge in [-0.15, -0.1) is 9.24 Å². The van der Waals surface area contributed by atoms with Gasteiger partial charge in [0.15, 0.2) is 0 Å². The van der Waals surface area contributed by atoms with E-state index in [4.69, 9.17) is 0 Å². The minimum Gasteiger partial charge on any atom is -0.316 e. The van der Waals surface area contributed by atoms with E-state index in [-0.39, 0.29) is 18.8 Å². The molecule has 2 N–H and O–H groups in total. The van der Waals surface area contributed by atoms with Crippen molar-refractivity contribution in [3.8, 4) is 0 Å². The van der Waals surface area contributed by atoms with Crippen molar-refractivity contribution >= 4 is 17.2 Å². The Morgan fingerprint density at radius 1 is 0.825 bits per heavy atom. The Labute approximate surface area is 250 Å². The first kappa shape index (κ1) is 30.0. The number of benzene rings is 1. The summed E-state index contributed by atoms with van der Waals surface area (Å²) in [6.07, 6.45) is 15.8. The molecule has 6 aliphatic rings. The Morgan fingerprint density at radius 3 is 1.85 bits per heavy atom. The van der Waals surface area contributed by atoms with Crippen molar-refractivity contribution in [3.05, 3.63) is 34.4 Å². The maximum atomic E-state index is 3.84. The predicted octanol–water partition coefficient (Wildman–Crippen LogP) is 8.34. The summed E-state index contributed by atoms with van der Waals surface area (Å²) >= 11 is 0. The molecule has 0 radical (unpaired) electrons. The van der Waals surface area contributed by atoms with Crippen molar-refractivity contribution in [2.75, 3.05) is 32.3 Å². The summed E-state index contributed by atoms with van der Waals surface area (Å²) in [7, 11) is 3.18. The molecule has 6 fully saturated rings. The van der Waals surface area contributed by atoms with E-state index in [1.54, 1.807) is 16.7 Å². The minimum atomic E-state index is -0.0655. The summed E-state index contributed by atoms with van der Waals surface area (Å²) in [6, 6.07) is 5.67. The van der Waals surface area contributed by atoms with Gasteiger partial charge < -0.3 is 10.6 Å². The van der Waals surface area contributed by atoms with Gasteiger partial charge in [-0.3, -0.25) is 0 Å². The molecule has 7 rings (SSSR count). The van der Waals surface area contributed by atoms with Crippen LogP contribution in [0.1, 0.15) is 122 Å². The molecular formula is C36H60N2P2. The predicted molar refractivity (Wildman–Crippen MR) is 180 cm³/mol. The number of hydrogen-bond acceptors (Lipinski definition) is 2. The smallest absolute Gasteiger partial charge is 0.00191 e. The molecule has 6 unspecified atom stereocenters. The van der Waals surface area contributed by atoms with Crippen LogP contribution in [0.3, 0.4) is 0 Å². The van der Waals surface area contributed by atoms with Crippen molar-refractivity contribution in [1.82, 2.24) is 10.6 Å². The molecule has 4 bridgehead atoms. The fourth-order valence-electron chi connectivity index (χ4n) is 10.4. The molecular weight excluding hydrogens is 522 g/mol. The van der Waals surface area contributed by atoms with Gasteiger partial charge in [0.2, 0.25) is 0 Å². The minimum absolute atomic E-state index is 0.0655. The topological polar surface area (TPSA) is 24.1 Å². The molecule has 2 nitrogen and oxygen atoms in total. The monoisotopic (exact) mass is 582 g/mol. The molecule has 0 spiro atoms. The number of nitrogens with one attached hydrogen (secondary N) is 2. The van der Waals surface area contributed by atoms with Crippen LogP contribution in [0, 0.1) is 23.7 Å². The van der Waals surface area contributed by atoms with Gasteiger partial charge in [0.25, 0.3) is 0 Å². The van der Waals surface area contributed by atoms with Crippen LogP contribution >= 0.6 is 17.2 Å². The summed E-state index contributed by atoms with van der Waals surface area (Å²) in [5.41, 5.74) is 9.43. The first-order chi connectivity index (χ1) is 19.0. The molecule has 0 amide bonds. The number of hydrogen-bond donors (Lipinski definition) is 2. The second-order valence-electron chi connectivity index (χ2n) is 16.8. The summed E-state index contributed by atoms with van der Waals surface area (Å²) in [6.45, 7) is 19.8. The Hall–Kier alpha value is -0.0000000000000000555. The second kappa shape index (κ2) is 11.5. The highest BCUT2D eigenvalue weighted by atomic mass is 31.1. The molecule has 2 saturated heterocycles. The van der Waals surface area contributed by atoms with Crippen LogP contribution < -0.4 is 10.6 Å². The average molecular weight is 583 g/mol. The van der Waals surface area contributed by atoms with Crippen molar-refractivity contribution in [1.29, 1.82) is 0 Å². The largest absolute Gasteiger partial charge is 0.316 e. The molecule has 2 aliphatic heterocycles. The summed E-state index contributed by atoms with van der Waals surface area (Å²) < 4.78 is 0. The van der Waals surface area contributed by atoms with E-state index in [1.165, 1.54) is 96.3 Å². The van der Waals surface area contributed by atoms with E-state index in [9.17, 15) is 0 Å². The SMILES string of the molecule is CC(C)(C)c1cc(CP(C2CCCNC2)C2CCCNC2)c(C23CC4CC(CC(C4)C2CP)C3)cc1C(C)(C)C. The highest BCUT2D eigenvalue weighted by Gasteiger charge is 2.57. The quantitative estimate of drug-likeness (QED) is 0.330. The molecule has 1 aromatic carbocycles. The fourth-order valence-corrected chi connectivity index (χ4v) is 14.8. The zero-order chi connectivity index (χ0) is 28.3. The lowest BCUT2D eigenvalue weighted by Crippen LogP contribution is -2.56. The Morgan fingerprint density at radius 2 is 1.38 bits per heavy atom. The normalized spacial score (nSPS) is 37.1. The Kier molecular flexibility index (Phi) is 8.63. The van der Waals surface area contributed by atoms with Gasteiger partial charge in [-0.2, -0.15) is 0 Å². The summed E-state index contributed by atoms with van der Waals surface area (Å²) in [5.74, 6) is 3.77. The molecule has 2 heterocycles. The van der Waals surface area contributed by atoms with Crippen LogP contribution in [0.25, 0.3) is 0 Å². The Bertz CT molecular complexity index is 1010. The number of rotatable bonds is 6. The maximum absolute atomic E-state index is 3.84. The molecule has 40 heavy (non-hydrogen) atoms. The summed E-state index contributed by atoms with van der Waals surface area (Å²) in [5, 5.41) is 7.67. The van der Waals surface area contributed by atoms with Gasteiger partial charge in [0, 0.05) is 13.1 Å². The number of piperidine rings is 2. The van der Waals surface area contributed by atoms with Gasteiger partial charge in [-0.05, 0) is 157 Å². The van der Waals surface area contributed by atoms with Crippen LogP contribution in [-0.4, -0.2) is 43.7 Å². The van der Waals surface area contributed by atoms with Crippen LogP contribution in [0.5, 0.6) is 0 Å². The first-order valence-electron chi connectivity index (χ1n) is 17.0. The van der Waals surface area contributed by atoms with E-state index < -0.39 is 0 Å². The molecule has 4 heteroatoms. The van der Waals surface area contributed by atoms with E-state index in [0.29, 0.717) is 5.41 Å². The van der Waals surface area contributed by atoms with E-state index in [2.05, 4.69) is 73.5 Å². The third-order valence-electron chi connectivity index (χ3n) is 12.0. The zero-order valence-corrected chi connectivity index (χ0v) is 28.8. The molecule has 0 aromatic heterocycles. The van der Waals surface area contributed by atoms with Crippen molar-refractivity contribution in [2.45, 2.75) is 133 Å². The first-order valence-corrected chi connectivity index (χ1v) is 19.5. The van der Waals surface area contributed by atoms with E-state index >= 15 is 0 Å². The van der Waals surface area contributed by atoms with Crippen molar-refractivity contribution in [3.63, 3.8) is 0 Å². The molecule has 4 aliphatic carbocycles. The van der Waals surface area contributed by atoms with Crippen LogP contribution in [-0.2, 0) is 22.4 Å². The summed E-state index contributed by atoms with van der Waals surface area (Å²) in [4.78, 5) is 0. The average Bonchev–Trinajstić information content (AvgIpc) is 2.91. The second-order valence-corrected chi connectivity index (χ2v) is 20.1. The molecule has 6 atom stereocenters. The lowest BCUT2D eigenvalue weighted by Gasteiger charge is -2.62. The van der Waals surface area contributed by atoms with Gasteiger partial charge in [-0.1, -0.05) is 61.6 Å². The lowest BCUT2D eigenvalue weighted by molar-refractivity contribution is -0.0521. The standard InChI is InChI=1S/C36H60N2P2/c1-34(2,3)31-16-27(23-40(28-9-7-11-37-20-28)29-10-8-12-38-21-29)30(17-32(31)35(4,5)6)36-18-24-13-25(19-36)15-26(14-24)33(36)22-39/h16-17,24-26,28-29,33,37-38H,7-15,18-23,39H2,1-6H3. The van der Waals surface area contributed by atoms with Crippen LogP contribution in [0.2, 0.25) is 0 Å². The Balaban J connectivity index is 1.51. The zero-order valence-electron chi connectivity index (χ0n) is 26.7. The van der Waals surface area contributed by atoms with E-state index in [1.807, 2.05) is 5.56 Å². The van der Waals surface area contributed by atoms with Crippen LogP contribution in [0.15, 0.2) is 12.1 Å². The molecule has 1 aromatic rings. The fraction of sp³-hybridized carbons (Fsp3) is 0.833. The van der Waals surface area contributed by atoms with Gasteiger partial charge in [-0.25, -0.2) is 0 Å². The third-order valence-corrected chi connectivity index (χ3v) is 16.0. The van der Waals surface area contributed by atoms with Gasteiger partial charge in [0.05, 0.1) is 0 Å². The lowest BCUT2D eigenvalue weighted by atomic mass is 9.43. The maximum Gasteiger partial charge on any atom is 0.00191 e. The van der Waals surface area contributed by atoms with Crippen molar-refractivity contribution in [2.24, 2.45) is 23.7 Å². The molecule has 224 valence electrons. The van der Waals surface area contributed by atoms with E-state index in [0.717, 1.165) is 35.0 Å². The highest BCUT2D eigenvalue weighted by Crippen LogP contribution is 2.65. The van der Waals surface area contributed by atoms with Crippen molar-refractivity contribution < 1.29 is 0 Å². The highest BCUT2D eigenvalue weighted by molar-refractivity contribution is 7.58. The molecule has 4 saturated carbocycles. The van der Waals surface area contributed by atoms with Crippen LogP contribution in [0.4, 0.5) is 0 Å².